The van der Waals surface area contributed by atoms with E-state index in [9.17, 15) is 4.79 Å². The van der Waals surface area contributed by atoms with Crippen LogP contribution in [0, 0.1) is 0 Å². The lowest BCUT2D eigenvalue weighted by Crippen LogP contribution is -2.20. The van der Waals surface area contributed by atoms with Crippen LogP contribution in [-0.4, -0.2) is 28.1 Å². The summed E-state index contributed by atoms with van der Waals surface area (Å²) in [7, 11) is 1.60. The predicted molar refractivity (Wildman–Crippen MR) is 106 cm³/mol. The van der Waals surface area contributed by atoms with E-state index in [1.807, 2.05) is 25.1 Å². The number of rotatable bonds is 5. The molecule has 2 amide bonds. The van der Waals surface area contributed by atoms with E-state index in [4.69, 9.17) is 4.74 Å². The Balaban J connectivity index is 1.84. The van der Waals surface area contributed by atoms with Crippen LogP contribution in [0.15, 0.2) is 61.7 Å². The third-order valence-electron chi connectivity index (χ3n) is 3.80. The van der Waals surface area contributed by atoms with Crippen molar-refractivity contribution in [1.82, 2.24) is 15.0 Å². The average molecular weight is 361 g/mol. The molecule has 0 unspecified atom stereocenters. The van der Waals surface area contributed by atoms with Crippen molar-refractivity contribution in [3.63, 3.8) is 0 Å². The number of hydrogen-bond donors (Lipinski definition) is 2. The summed E-state index contributed by atoms with van der Waals surface area (Å²) >= 11 is 0. The molecule has 0 spiro atoms. The van der Waals surface area contributed by atoms with E-state index in [1.54, 1.807) is 37.7 Å². The number of carbonyl (C=O) groups is 1. The first kappa shape index (κ1) is 18.1. The van der Waals surface area contributed by atoms with E-state index >= 15 is 0 Å². The zero-order valence-corrected chi connectivity index (χ0v) is 15.1. The highest BCUT2D eigenvalue weighted by atomic mass is 16.5. The molecule has 0 fully saturated rings. The number of nitrogens with one attached hydrogen (secondary N) is 2. The van der Waals surface area contributed by atoms with E-state index in [2.05, 4.69) is 32.2 Å². The molecular weight excluding hydrogens is 342 g/mol. The Morgan fingerprint density at radius 3 is 2.70 bits per heavy atom. The molecule has 2 N–H and O–H groups in total. The van der Waals surface area contributed by atoms with Gasteiger partial charge in [0, 0.05) is 17.8 Å². The number of amides is 2. The third-order valence-corrected chi connectivity index (χ3v) is 3.80. The van der Waals surface area contributed by atoms with Crippen LogP contribution in [0.2, 0.25) is 0 Å². The van der Waals surface area contributed by atoms with Gasteiger partial charge >= 0.3 is 6.03 Å². The van der Waals surface area contributed by atoms with Crippen LogP contribution in [0.5, 0.6) is 5.75 Å². The van der Waals surface area contributed by atoms with Crippen molar-refractivity contribution in [2.75, 3.05) is 17.7 Å². The lowest BCUT2D eigenvalue weighted by atomic mass is 10.0. The molecule has 0 saturated carbocycles. The Bertz CT molecular complexity index is 973. The fourth-order valence-corrected chi connectivity index (χ4v) is 2.46. The van der Waals surface area contributed by atoms with Crippen LogP contribution in [0.25, 0.3) is 16.8 Å². The number of benzene rings is 1. The normalized spacial score (nSPS) is 10.1. The number of methoxy groups -OCH3 is 1. The monoisotopic (exact) mass is 361 g/mol. The van der Waals surface area contributed by atoms with E-state index in [0.29, 0.717) is 22.9 Å². The number of allylic oxidation sites excluding steroid dienone is 1. The Hall–Kier alpha value is -3.74. The molecule has 2 aromatic heterocycles. The number of pyridine rings is 1. The van der Waals surface area contributed by atoms with Crippen LogP contribution in [0.4, 0.5) is 16.3 Å². The van der Waals surface area contributed by atoms with Crippen LogP contribution in [-0.2, 0) is 0 Å². The van der Waals surface area contributed by atoms with Crippen LogP contribution in [0.1, 0.15) is 12.5 Å². The summed E-state index contributed by atoms with van der Waals surface area (Å²) in [5, 5.41) is 5.38. The summed E-state index contributed by atoms with van der Waals surface area (Å²) < 4.78 is 5.44. The molecule has 3 aromatic rings. The number of urea groups is 1. The zero-order valence-electron chi connectivity index (χ0n) is 15.1. The smallest absolute Gasteiger partial charge is 0.324 e. The molecule has 2 heterocycles. The van der Waals surface area contributed by atoms with Gasteiger partial charge in [0.25, 0.3) is 0 Å². The zero-order chi connectivity index (χ0) is 19.2. The highest BCUT2D eigenvalue weighted by Crippen LogP contribution is 2.32. The predicted octanol–water partition coefficient (Wildman–Crippen LogP) is 4.22. The number of aromatic nitrogens is 3. The fraction of sp³-hybridized carbons (Fsp3) is 0.100. The van der Waals surface area contributed by atoms with Gasteiger partial charge in [-0.05, 0) is 36.8 Å². The third kappa shape index (κ3) is 4.46. The van der Waals surface area contributed by atoms with Crippen LogP contribution in [0.3, 0.4) is 0 Å². The van der Waals surface area contributed by atoms with Gasteiger partial charge in [-0.25, -0.2) is 14.8 Å². The summed E-state index contributed by atoms with van der Waals surface area (Å²) in [6.07, 6.45) is 4.58. The summed E-state index contributed by atoms with van der Waals surface area (Å²) in [5.41, 5.74) is 3.91. The molecule has 0 atom stereocenters. The van der Waals surface area contributed by atoms with Gasteiger partial charge in [-0.3, -0.25) is 10.3 Å². The maximum atomic E-state index is 12.1. The van der Waals surface area contributed by atoms with Gasteiger partial charge in [-0.2, -0.15) is 0 Å². The van der Waals surface area contributed by atoms with Crippen molar-refractivity contribution in [3.8, 4) is 17.0 Å². The van der Waals surface area contributed by atoms with Gasteiger partial charge in [0.15, 0.2) is 0 Å². The van der Waals surface area contributed by atoms with Crippen molar-refractivity contribution in [1.29, 1.82) is 0 Å². The first-order chi connectivity index (χ1) is 13.1. The molecule has 0 bridgehead atoms. The number of nitrogens with zero attached hydrogens (tertiary/aromatic N) is 3. The molecule has 0 aliphatic rings. The molecule has 1 aromatic carbocycles. The van der Waals surface area contributed by atoms with E-state index in [1.165, 1.54) is 6.33 Å². The van der Waals surface area contributed by atoms with Gasteiger partial charge in [-0.1, -0.05) is 18.2 Å². The van der Waals surface area contributed by atoms with Gasteiger partial charge in [-0.15, -0.1) is 0 Å². The van der Waals surface area contributed by atoms with Gasteiger partial charge in [0.05, 0.1) is 24.7 Å². The summed E-state index contributed by atoms with van der Waals surface area (Å²) in [6.45, 7) is 5.90. The molecule has 0 radical (unpaired) electrons. The molecule has 3 rings (SSSR count). The van der Waals surface area contributed by atoms with Crippen LogP contribution >= 0.6 is 0 Å². The highest BCUT2D eigenvalue weighted by Gasteiger charge is 2.11. The minimum Gasteiger partial charge on any atom is -0.496 e. The number of carbonyl (C=O) groups excluding carboxylic acids is 1. The largest absolute Gasteiger partial charge is 0.496 e. The SMILES string of the molecule is C=C(C)c1ccc(OC)c(-c2cc(NC(=O)Nc3cccnc3)ncn2)c1. The second-order valence-corrected chi connectivity index (χ2v) is 5.80. The molecule has 0 aliphatic heterocycles. The summed E-state index contributed by atoms with van der Waals surface area (Å²) in [4.78, 5) is 24.5. The second kappa shape index (κ2) is 8.09. The van der Waals surface area contributed by atoms with E-state index in [0.717, 1.165) is 16.7 Å². The first-order valence-electron chi connectivity index (χ1n) is 8.21. The Morgan fingerprint density at radius 2 is 2.00 bits per heavy atom. The van der Waals surface area contributed by atoms with Crippen LogP contribution < -0.4 is 15.4 Å². The summed E-state index contributed by atoms with van der Waals surface area (Å²) in [5.74, 6) is 1.04. The maximum absolute atomic E-state index is 12.1. The highest BCUT2D eigenvalue weighted by molar-refractivity contribution is 5.99. The number of ether oxygens (including phenoxy) is 1. The van der Waals surface area contributed by atoms with Crippen molar-refractivity contribution in [3.05, 3.63) is 67.3 Å². The Labute approximate surface area is 157 Å². The first-order valence-corrected chi connectivity index (χ1v) is 8.21. The number of anilines is 2. The molecule has 7 nitrogen and oxygen atoms in total. The lowest BCUT2D eigenvalue weighted by Gasteiger charge is -2.12. The van der Waals surface area contributed by atoms with Gasteiger partial charge in [0.1, 0.15) is 17.9 Å². The minimum absolute atomic E-state index is 0.365. The Kier molecular flexibility index (Phi) is 5.41. The standard InChI is InChI=1S/C20H19N5O2/c1-13(2)14-6-7-18(27-3)16(9-14)17-10-19(23-12-22-17)25-20(26)24-15-5-4-8-21-11-15/h4-12H,1H2,2-3H3,(H2,22,23,24,25,26). The molecule has 0 aliphatic carbocycles. The molecular formula is C20H19N5O2. The van der Waals surface area contributed by atoms with Gasteiger partial charge < -0.3 is 10.1 Å². The van der Waals surface area contributed by atoms with E-state index in [-0.39, 0.29) is 0 Å². The molecule has 27 heavy (non-hydrogen) atoms. The maximum Gasteiger partial charge on any atom is 0.324 e. The van der Waals surface area contributed by atoms with Crippen molar-refractivity contribution in [2.45, 2.75) is 6.92 Å². The van der Waals surface area contributed by atoms with Crippen molar-refractivity contribution >= 4 is 23.1 Å². The van der Waals surface area contributed by atoms with Crippen molar-refractivity contribution in [2.24, 2.45) is 0 Å². The quantitative estimate of drug-likeness (QED) is 0.710. The van der Waals surface area contributed by atoms with Gasteiger partial charge in [0.2, 0.25) is 0 Å². The topological polar surface area (TPSA) is 89.0 Å². The molecule has 7 heteroatoms. The molecule has 0 saturated heterocycles. The number of hydrogen-bond acceptors (Lipinski definition) is 5. The summed E-state index contributed by atoms with van der Waals surface area (Å²) in [6, 6.07) is 10.5. The Morgan fingerprint density at radius 1 is 1.15 bits per heavy atom. The minimum atomic E-state index is -0.421. The second-order valence-electron chi connectivity index (χ2n) is 5.80. The average Bonchev–Trinajstić information content (AvgIpc) is 2.68. The van der Waals surface area contributed by atoms with E-state index < -0.39 is 6.03 Å². The van der Waals surface area contributed by atoms with Crippen molar-refractivity contribution < 1.29 is 9.53 Å². The lowest BCUT2D eigenvalue weighted by molar-refractivity contribution is 0.262. The molecule has 136 valence electrons. The fourth-order valence-electron chi connectivity index (χ4n) is 2.46.